The summed E-state index contributed by atoms with van der Waals surface area (Å²) in [5.74, 6) is 0.652. The highest BCUT2D eigenvalue weighted by Gasteiger charge is 2.31. The zero-order valence-electron chi connectivity index (χ0n) is 10.0. The molecule has 0 bridgehead atoms. The van der Waals surface area contributed by atoms with Gasteiger partial charge in [0, 0.05) is 6.20 Å². The van der Waals surface area contributed by atoms with Crippen LogP contribution in [0.5, 0.6) is 0 Å². The summed E-state index contributed by atoms with van der Waals surface area (Å²) in [6, 6.07) is 2.31. The van der Waals surface area contributed by atoms with Crippen molar-refractivity contribution in [2.24, 2.45) is 10.9 Å². The van der Waals surface area contributed by atoms with E-state index in [1.807, 2.05) is 13.8 Å². The topological polar surface area (TPSA) is 34.5 Å². The predicted octanol–water partition coefficient (Wildman–Crippen LogP) is 2.90. The number of pyridine rings is 1. The molecule has 18 heavy (non-hydrogen) atoms. The molecule has 0 fully saturated rings. The van der Waals surface area contributed by atoms with Crippen LogP contribution < -0.4 is 0 Å². The molecule has 0 aliphatic carbocycles. The predicted molar refractivity (Wildman–Crippen MR) is 60.4 cm³/mol. The Bertz CT molecular complexity index is 451. The number of nitrogens with zero attached hydrogens (tertiary/aromatic N) is 2. The molecule has 0 saturated heterocycles. The summed E-state index contributed by atoms with van der Waals surface area (Å²) in [7, 11) is 0. The van der Waals surface area contributed by atoms with Gasteiger partial charge in [0.2, 0.25) is 5.90 Å². The van der Waals surface area contributed by atoms with Crippen LogP contribution in [0.4, 0.5) is 13.2 Å². The second-order valence-electron chi connectivity index (χ2n) is 4.49. The smallest absolute Gasteiger partial charge is 0.417 e. The van der Waals surface area contributed by atoms with Crippen molar-refractivity contribution in [1.82, 2.24) is 4.98 Å². The van der Waals surface area contributed by atoms with Crippen molar-refractivity contribution in [2.45, 2.75) is 26.1 Å². The summed E-state index contributed by atoms with van der Waals surface area (Å²) in [4.78, 5) is 8.05. The number of aromatic nitrogens is 1. The van der Waals surface area contributed by atoms with Gasteiger partial charge in [-0.05, 0) is 18.1 Å². The number of alkyl halides is 3. The van der Waals surface area contributed by atoms with E-state index in [-0.39, 0.29) is 6.04 Å². The maximum absolute atomic E-state index is 12.4. The average molecular weight is 258 g/mol. The first-order valence-corrected chi connectivity index (χ1v) is 5.62. The van der Waals surface area contributed by atoms with Crippen LogP contribution >= 0.6 is 0 Å². The Kier molecular flexibility index (Phi) is 3.28. The molecule has 98 valence electrons. The molecule has 0 spiro atoms. The molecule has 1 unspecified atom stereocenters. The molecule has 1 atom stereocenters. The lowest BCUT2D eigenvalue weighted by atomic mass is 10.1. The van der Waals surface area contributed by atoms with Gasteiger partial charge >= 0.3 is 6.18 Å². The highest BCUT2D eigenvalue weighted by molar-refractivity contribution is 5.93. The van der Waals surface area contributed by atoms with Crippen LogP contribution in [0.3, 0.4) is 0 Å². The number of halogens is 3. The zero-order chi connectivity index (χ0) is 13.3. The minimum Gasteiger partial charge on any atom is -0.474 e. The first kappa shape index (κ1) is 12.9. The molecular weight excluding hydrogens is 245 g/mol. The Hall–Kier alpha value is -1.59. The van der Waals surface area contributed by atoms with E-state index in [2.05, 4.69) is 9.98 Å². The van der Waals surface area contributed by atoms with Crippen LogP contribution in [0.1, 0.15) is 25.1 Å². The van der Waals surface area contributed by atoms with E-state index in [9.17, 15) is 13.2 Å². The molecule has 1 aromatic rings. The van der Waals surface area contributed by atoms with Gasteiger partial charge in [0.15, 0.2) is 0 Å². The third-order valence-corrected chi connectivity index (χ3v) is 2.75. The van der Waals surface area contributed by atoms with Gasteiger partial charge in [-0.2, -0.15) is 13.2 Å². The van der Waals surface area contributed by atoms with E-state index in [4.69, 9.17) is 4.74 Å². The maximum Gasteiger partial charge on any atom is 0.417 e. The lowest BCUT2D eigenvalue weighted by Gasteiger charge is -2.06. The lowest BCUT2D eigenvalue weighted by molar-refractivity contribution is -0.137. The molecule has 0 amide bonds. The van der Waals surface area contributed by atoms with Crippen LogP contribution in [-0.4, -0.2) is 23.5 Å². The minimum absolute atomic E-state index is 0.0455. The summed E-state index contributed by atoms with van der Waals surface area (Å²) in [5, 5.41) is 0. The number of hydrogen-bond donors (Lipinski definition) is 0. The monoisotopic (exact) mass is 258 g/mol. The van der Waals surface area contributed by atoms with Gasteiger partial charge in [0.1, 0.15) is 12.3 Å². The van der Waals surface area contributed by atoms with E-state index in [1.165, 1.54) is 6.07 Å². The second kappa shape index (κ2) is 4.59. The van der Waals surface area contributed by atoms with Crippen molar-refractivity contribution < 1.29 is 17.9 Å². The maximum atomic E-state index is 12.4. The first-order chi connectivity index (χ1) is 8.38. The van der Waals surface area contributed by atoms with Gasteiger partial charge in [-0.25, -0.2) is 4.99 Å². The molecule has 1 aliphatic rings. The third kappa shape index (κ3) is 2.63. The van der Waals surface area contributed by atoms with Gasteiger partial charge in [0.05, 0.1) is 11.6 Å². The van der Waals surface area contributed by atoms with Crippen LogP contribution in [0.2, 0.25) is 0 Å². The minimum atomic E-state index is -4.37. The number of ether oxygens (including phenoxy) is 1. The van der Waals surface area contributed by atoms with Gasteiger partial charge in [0.25, 0.3) is 0 Å². The molecular formula is C12H13F3N2O. The Morgan fingerprint density at radius 2 is 2.06 bits per heavy atom. The largest absolute Gasteiger partial charge is 0.474 e. The lowest BCUT2D eigenvalue weighted by Crippen LogP contribution is -2.13. The molecule has 0 radical (unpaired) electrons. The summed E-state index contributed by atoms with van der Waals surface area (Å²) in [5.41, 5.74) is -0.434. The van der Waals surface area contributed by atoms with E-state index in [0.717, 1.165) is 12.3 Å². The van der Waals surface area contributed by atoms with E-state index in [0.29, 0.717) is 24.1 Å². The normalized spacial score (nSPS) is 19.9. The summed E-state index contributed by atoms with van der Waals surface area (Å²) in [6.07, 6.45) is -3.58. The van der Waals surface area contributed by atoms with Crippen LogP contribution in [0, 0.1) is 5.92 Å². The molecule has 0 saturated carbocycles. The molecule has 0 N–H and O–H groups in total. The highest BCUT2D eigenvalue weighted by atomic mass is 19.4. The van der Waals surface area contributed by atoms with Gasteiger partial charge in [-0.1, -0.05) is 13.8 Å². The Morgan fingerprint density at radius 3 is 2.50 bits per heavy atom. The fourth-order valence-corrected chi connectivity index (χ4v) is 1.56. The summed E-state index contributed by atoms with van der Waals surface area (Å²) in [6.45, 7) is 4.48. The van der Waals surface area contributed by atoms with Crippen molar-refractivity contribution in [3.63, 3.8) is 0 Å². The van der Waals surface area contributed by atoms with Crippen molar-refractivity contribution in [1.29, 1.82) is 0 Å². The van der Waals surface area contributed by atoms with Gasteiger partial charge in [-0.3, -0.25) is 4.98 Å². The highest BCUT2D eigenvalue weighted by Crippen LogP contribution is 2.28. The SMILES string of the molecule is CC(C)C1COC(c2ccc(C(F)(F)F)cn2)=N1. The Balaban J connectivity index is 2.19. The average Bonchev–Trinajstić information content (AvgIpc) is 2.77. The Morgan fingerprint density at radius 1 is 1.33 bits per heavy atom. The molecule has 2 heterocycles. The standard InChI is InChI=1S/C12H13F3N2O/c1-7(2)10-6-18-11(17-10)9-4-3-8(5-16-9)12(13,14)15/h3-5,7,10H,6H2,1-2H3. The zero-order valence-corrected chi connectivity index (χ0v) is 10.0. The third-order valence-electron chi connectivity index (χ3n) is 2.75. The fraction of sp³-hybridized carbons (Fsp3) is 0.500. The van der Waals surface area contributed by atoms with Crippen LogP contribution in [0.15, 0.2) is 23.3 Å². The van der Waals surface area contributed by atoms with Crippen molar-refractivity contribution in [3.8, 4) is 0 Å². The van der Waals surface area contributed by atoms with Gasteiger partial charge < -0.3 is 4.74 Å². The van der Waals surface area contributed by atoms with Crippen molar-refractivity contribution >= 4 is 5.90 Å². The summed E-state index contributed by atoms with van der Waals surface area (Å²) < 4.78 is 42.4. The molecule has 3 nitrogen and oxygen atoms in total. The number of hydrogen-bond acceptors (Lipinski definition) is 3. The van der Waals surface area contributed by atoms with E-state index in [1.54, 1.807) is 0 Å². The quantitative estimate of drug-likeness (QED) is 0.817. The van der Waals surface area contributed by atoms with Gasteiger partial charge in [-0.15, -0.1) is 0 Å². The van der Waals surface area contributed by atoms with Crippen LogP contribution in [0.25, 0.3) is 0 Å². The second-order valence-corrected chi connectivity index (χ2v) is 4.49. The Labute approximate surface area is 103 Å². The fourth-order valence-electron chi connectivity index (χ4n) is 1.56. The number of aliphatic imine (C=N–C) groups is 1. The van der Waals surface area contributed by atoms with E-state index < -0.39 is 11.7 Å². The molecule has 0 aromatic carbocycles. The molecule has 2 rings (SSSR count). The summed E-state index contributed by atoms with van der Waals surface area (Å²) >= 11 is 0. The molecule has 1 aliphatic heterocycles. The number of rotatable bonds is 2. The van der Waals surface area contributed by atoms with E-state index >= 15 is 0 Å². The molecule has 6 heteroatoms. The molecule has 1 aromatic heterocycles. The first-order valence-electron chi connectivity index (χ1n) is 5.62. The van der Waals surface area contributed by atoms with Crippen molar-refractivity contribution in [3.05, 3.63) is 29.6 Å². The van der Waals surface area contributed by atoms with Crippen molar-refractivity contribution in [2.75, 3.05) is 6.61 Å². The van der Waals surface area contributed by atoms with Crippen LogP contribution in [-0.2, 0) is 10.9 Å².